The Balaban J connectivity index is 2.18. The smallest absolute Gasteiger partial charge is 0.428 e. The lowest BCUT2D eigenvalue weighted by Crippen LogP contribution is -2.59. The van der Waals surface area contributed by atoms with Crippen molar-refractivity contribution < 1.29 is 36.6 Å². The van der Waals surface area contributed by atoms with Crippen molar-refractivity contribution in [1.82, 2.24) is 15.3 Å². The number of hydrogen-bond acceptors (Lipinski definition) is 8. The summed E-state index contributed by atoms with van der Waals surface area (Å²) in [6.07, 6.45) is -3.79. The minimum absolute atomic E-state index is 0.000149. The molecule has 2 aromatic rings. The zero-order valence-corrected chi connectivity index (χ0v) is 17.0. The number of alkyl halides is 3. The molecule has 0 aliphatic rings. The normalized spacial score (nSPS) is 13.7. The predicted molar refractivity (Wildman–Crippen MR) is 106 cm³/mol. The van der Waals surface area contributed by atoms with Crippen molar-refractivity contribution in [1.29, 1.82) is 5.41 Å². The predicted octanol–water partition coefficient (Wildman–Crippen LogP) is 1.59. The highest BCUT2D eigenvalue weighted by Gasteiger charge is 2.58. The van der Waals surface area contributed by atoms with Gasteiger partial charge in [0.1, 0.15) is 11.5 Å². The fourth-order valence-corrected chi connectivity index (χ4v) is 2.36. The first-order valence-corrected chi connectivity index (χ1v) is 9.06. The van der Waals surface area contributed by atoms with E-state index in [-0.39, 0.29) is 12.4 Å². The minimum Gasteiger partial charge on any atom is -0.482 e. The second-order valence-electron chi connectivity index (χ2n) is 6.54. The number of carbonyl (C=O) groups is 1. The van der Waals surface area contributed by atoms with Gasteiger partial charge in [0, 0.05) is 18.2 Å². The van der Waals surface area contributed by atoms with E-state index >= 15 is 0 Å². The molecule has 1 heterocycles. The topological polar surface area (TPSA) is 146 Å². The maximum atomic E-state index is 14.0. The van der Waals surface area contributed by atoms with E-state index < -0.39 is 53.2 Å². The first-order valence-electron chi connectivity index (χ1n) is 9.06. The number of allylic oxidation sites excluding steroid dienone is 1. The molecular formula is C19H19F5N6O3. The summed E-state index contributed by atoms with van der Waals surface area (Å²) in [5.74, 6) is -5.04. The molecule has 1 unspecified atom stereocenters. The maximum Gasteiger partial charge on any atom is 0.428 e. The van der Waals surface area contributed by atoms with E-state index in [2.05, 4.69) is 21.0 Å². The van der Waals surface area contributed by atoms with Gasteiger partial charge in [0.05, 0.1) is 19.9 Å². The molecule has 9 nitrogen and oxygen atoms in total. The number of nitrogens with two attached hydrogens (primary N) is 1. The Morgan fingerprint density at radius 1 is 1.27 bits per heavy atom. The third-order valence-electron chi connectivity index (χ3n) is 4.28. The summed E-state index contributed by atoms with van der Waals surface area (Å²) in [4.78, 5) is 18.3. The molecule has 0 aliphatic heterocycles. The molecule has 1 aromatic carbocycles. The quantitative estimate of drug-likeness (QED) is 0.200. The molecule has 1 aromatic heterocycles. The van der Waals surface area contributed by atoms with Crippen LogP contribution in [0.1, 0.15) is 11.4 Å². The second kappa shape index (κ2) is 10.2. The molecule has 33 heavy (non-hydrogen) atoms. The maximum absolute atomic E-state index is 14.0. The van der Waals surface area contributed by atoms with Crippen LogP contribution in [-0.4, -0.2) is 52.1 Å². The molecule has 0 saturated heterocycles. The lowest BCUT2D eigenvalue weighted by molar-refractivity contribution is -0.245. The van der Waals surface area contributed by atoms with E-state index in [1.165, 1.54) is 25.3 Å². The number of primary amides is 1. The van der Waals surface area contributed by atoms with Gasteiger partial charge >= 0.3 is 6.18 Å². The summed E-state index contributed by atoms with van der Waals surface area (Å²) in [7, 11) is 1.26. The molecule has 0 radical (unpaired) electrons. The molecule has 1 amide bonds. The lowest BCUT2D eigenvalue weighted by atomic mass is 10.0. The number of methoxy groups -OCH3 is 1. The van der Waals surface area contributed by atoms with Crippen molar-refractivity contribution in [3.05, 3.63) is 65.4 Å². The molecular weight excluding hydrogens is 455 g/mol. The lowest BCUT2D eigenvalue weighted by Gasteiger charge is -2.27. The Morgan fingerprint density at radius 2 is 1.94 bits per heavy atom. The van der Waals surface area contributed by atoms with Crippen LogP contribution in [-0.2, 0) is 16.1 Å². The number of amides is 1. The van der Waals surface area contributed by atoms with Crippen LogP contribution in [0.25, 0.3) is 0 Å². The van der Waals surface area contributed by atoms with Crippen molar-refractivity contribution in [2.24, 2.45) is 5.73 Å². The molecule has 6 N–H and O–H groups in total. The van der Waals surface area contributed by atoms with Crippen LogP contribution in [0.5, 0.6) is 0 Å². The van der Waals surface area contributed by atoms with Crippen molar-refractivity contribution in [2.75, 3.05) is 19.0 Å². The standard InChI is InChI=1S/C19H19F5N6O3/c1-33-14(27-7-10-4-2-3-5-11(10)20)6-13(25)16-28-8-12(21)15(30-16)29-9-18(32,17(26)31)19(22,23)24/h2-6,8,25,27,32H,7,9H2,1H3,(H2,26,31)(H,28,29,30)/b14-6+,25-13?. The summed E-state index contributed by atoms with van der Waals surface area (Å²) in [5, 5.41) is 22.2. The molecule has 0 spiro atoms. The molecule has 1 atom stereocenters. The summed E-state index contributed by atoms with van der Waals surface area (Å²) < 4.78 is 71.6. The van der Waals surface area contributed by atoms with E-state index in [1.807, 2.05) is 5.32 Å². The van der Waals surface area contributed by atoms with Crippen LogP contribution >= 0.6 is 0 Å². The Labute approximate surface area is 184 Å². The van der Waals surface area contributed by atoms with Gasteiger partial charge in [-0.3, -0.25) is 10.2 Å². The van der Waals surface area contributed by atoms with Gasteiger partial charge < -0.3 is 26.2 Å². The van der Waals surface area contributed by atoms with Gasteiger partial charge in [-0.15, -0.1) is 0 Å². The number of hydrogen-bond donors (Lipinski definition) is 5. The minimum atomic E-state index is -5.44. The van der Waals surface area contributed by atoms with Crippen LogP contribution < -0.4 is 16.4 Å². The third-order valence-corrected chi connectivity index (χ3v) is 4.28. The number of rotatable bonds is 10. The Morgan fingerprint density at radius 3 is 2.52 bits per heavy atom. The second-order valence-corrected chi connectivity index (χ2v) is 6.54. The number of aliphatic hydroxyl groups is 1. The third kappa shape index (κ3) is 6.12. The summed E-state index contributed by atoms with van der Waals surface area (Å²) in [6.45, 7) is -1.53. The van der Waals surface area contributed by atoms with E-state index in [9.17, 15) is 31.9 Å². The highest BCUT2D eigenvalue weighted by atomic mass is 19.4. The highest BCUT2D eigenvalue weighted by molar-refractivity contribution is 6.04. The molecule has 0 bridgehead atoms. The first kappa shape index (κ1) is 25.5. The van der Waals surface area contributed by atoms with Gasteiger partial charge in [-0.1, -0.05) is 18.2 Å². The number of halogens is 5. The zero-order valence-electron chi connectivity index (χ0n) is 17.0. The number of nitrogens with one attached hydrogen (secondary N) is 3. The van der Waals surface area contributed by atoms with Gasteiger partial charge in [0.25, 0.3) is 11.5 Å². The van der Waals surface area contributed by atoms with Crippen molar-refractivity contribution in [3.8, 4) is 0 Å². The molecule has 0 saturated carbocycles. The van der Waals surface area contributed by atoms with Gasteiger partial charge in [-0.05, 0) is 6.07 Å². The largest absolute Gasteiger partial charge is 0.482 e. The van der Waals surface area contributed by atoms with Crippen molar-refractivity contribution in [2.45, 2.75) is 18.3 Å². The van der Waals surface area contributed by atoms with Crippen LogP contribution in [0, 0.1) is 17.0 Å². The molecule has 0 aliphatic carbocycles. The monoisotopic (exact) mass is 474 g/mol. The summed E-state index contributed by atoms with van der Waals surface area (Å²) >= 11 is 0. The summed E-state index contributed by atoms with van der Waals surface area (Å²) in [5.41, 5.74) is 0.499. The van der Waals surface area contributed by atoms with E-state index in [0.717, 1.165) is 6.08 Å². The SMILES string of the molecule is CO/C(=C/C(=N)c1ncc(F)c(NCC(O)(C(N)=O)C(F)(F)F)n1)NCc1ccccc1F. The van der Waals surface area contributed by atoms with E-state index in [4.69, 9.17) is 10.1 Å². The van der Waals surface area contributed by atoms with E-state index in [1.54, 1.807) is 6.07 Å². The Kier molecular flexibility index (Phi) is 7.87. The van der Waals surface area contributed by atoms with Crippen LogP contribution in [0.3, 0.4) is 0 Å². The Bertz CT molecular complexity index is 1060. The van der Waals surface area contributed by atoms with Crippen LogP contribution in [0.2, 0.25) is 0 Å². The fourth-order valence-electron chi connectivity index (χ4n) is 2.36. The number of anilines is 1. The van der Waals surface area contributed by atoms with Gasteiger partial charge in [0.15, 0.2) is 23.3 Å². The van der Waals surface area contributed by atoms with Crippen LogP contribution in [0.15, 0.2) is 42.4 Å². The molecule has 178 valence electrons. The fraction of sp³-hybridized carbons (Fsp3) is 0.263. The average Bonchev–Trinajstić information content (AvgIpc) is 2.75. The molecule has 2 rings (SSSR count). The average molecular weight is 474 g/mol. The number of aromatic nitrogens is 2. The van der Waals surface area contributed by atoms with Gasteiger partial charge in [0.2, 0.25) is 0 Å². The number of nitrogens with zero attached hydrogens (tertiary/aromatic N) is 2. The number of ether oxygens (including phenoxy) is 1. The number of benzene rings is 1. The number of carbonyl (C=O) groups excluding carboxylic acids is 1. The highest BCUT2D eigenvalue weighted by Crippen LogP contribution is 2.30. The van der Waals surface area contributed by atoms with Crippen molar-refractivity contribution >= 4 is 17.4 Å². The summed E-state index contributed by atoms with van der Waals surface area (Å²) in [6, 6.07) is 5.92. The zero-order chi connectivity index (χ0) is 24.8. The van der Waals surface area contributed by atoms with Crippen molar-refractivity contribution in [3.63, 3.8) is 0 Å². The van der Waals surface area contributed by atoms with Crippen LogP contribution in [0.4, 0.5) is 27.8 Å². The molecule has 14 heteroatoms. The molecule has 0 fully saturated rings. The van der Waals surface area contributed by atoms with E-state index in [0.29, 0.717) is 11.8 Å². The Hall–Kier alpha value is -3.81. The van der Waals surface area contributed by atoms with Gasteiger partial charge in [-0.2, -0.15) is 13.2 Å². The first-order chi connectivity index (χ1) is 15.4. The van der Waals surface area contributed by atoms with Gasteiger partial charge in [-0.25, -0.2) is 18.7 Å².